The fourth-order valence-corrected chi connectivity index (χ4v) is 6.58. The SMILES string of the molecule is CC(C)(C)C1CCC2(CC1)N=C(c1cccc(C(F)(F)F)c1)C(=O)N2[C@@H](c1ccc(C(=O)NCCC(=O)[O-])cc1)C1CC1.[Na+]. The van der Waals surface area contributed by atoms with E-state index >= 15 is 0 Å². The van der Waals surface area contributed by atoms with E-state index < -0.39 is 29.3 Å². The first-order valence-corrected chi connectivity index (χ1v) is 14.9. The second-order valence-electron chi connectivity index (χ2n) is 13.1. The fraction of sp³-hybridized carbons (Fsp3) is 0.515. The Morgan fingerprint density at radius 2 is 1.68 bits per heavy atom. The minimum Gasteiger partial charge on any atom is -0.550 e. The number of nitrogens with one attached hydrogen (secondary N) is 1. The van der Waals surface area contributed by atoms with Crippen LogP contribution >= 0.6 is 0 Å². The molecule has 1 N–H and O–H groups in total. The summed E-state index contributed by atoms with van der Waals surface area (Å²) in [4.78, 5) is 44.4. The van der Waals surface area contributed by atoms with E-state index in [1.807, 2.05) is 4.90 Å². The van der Waals surface area contributed by atoms with Crippen molar-refractivity contribution in [1.82, 2.24) is 10.2 Å². The smallest absolute Gasteiger partial charge is 0.550 e. The first-order valence-electron chi connectivity index (χ1n) is 14.9. The number of aliphatic imine (C=N–C) groups is 1. The van der Waals surface area contributed by atoms with Gasteiger partial charge in [0.05, 0.1) is 11.6 Å². The van der Waals surface area contributed by atoms with Crippen molar-refractivity contribution in [3.63, 3.8) is 0 Å². The summed E-state index contributed by atoms with van der Waals surface area (Å²) in [7, 11) is 0. The van der Waals surface area contributed by atoms with Crippen molar-refractivity contribution in [1.29, 1.82) is 0 Å². The van der Waals surface area contributed by atoms with Gasteiger partial charge in [0, 0.05) is 30.1 Å². The predicted molar refractivity (Wildman–Crippen MR) is 153 cm³/mol. The second-order valence-corrected chi connectivity index (χ2v) is 13.1. The molecule has 2 aromatic carbocycles. The molecule has 5 rings (SSSR count). The zero-order chi connectivity index (χ0) is 31.2. The Balaban J connectivity index is 0.00000442. The number of aliphatic carboxylic acids is 1. The van der Waals surface area contributed by atoms with Crippen molar-refractivity contribution in [3.05, 3.63) is 70.8 Å². The normalized spacial score (nSPS) is 22.8. The van der Waals surface area contributed by atoms with Crippen LogP contribution in [0, 0.1) is 17.3 Å². The molecular formula is C33H37F3N3NaO4. The third-order valence-electron chi connectivity index (χ3n) is 9.14. The molecule has 2 saturated carbocycles. The standard InChI is InChI=1S/C33H38F3N3O4.Na/c1-31(2,3)24-13-16-32(17-14-24)38-27(23-5-4-6-25(19-23)33(34,35)36)30(43)39(32)28(20-7-8-20)21-9-11-22(12-10-21)29(42)37-18-15-26(40)41;/h4-6,9-12,19-20,24,28H,7-8,13-18H2,1-3H3,(H,37,42)(H,40,41);/q;+1/p-1/t24?,28-,32?;/m1./s1. The molecule has 0 radical (unpaired) electrons. The van der Waals surface area contributed by atoms with Crippen LogP contribution in [0.25, 0.3) is 0 Å². The van der Waals surface area contributed by atoms with E-state index in [-0.39, 0.29) is 77.1 Å². The Morgan fingerprint density at radius 1 is 1.05 bits per heavy atom. The van der Waals surface area contributed by atoms with Gasteiger partial charge in [0.25, 0.3) is 11.8 Å². The van der Waals surface area contributed by atoms with Crippen LogP contribution in [-0.2, 0) is 15.8 Å². The quantitative estimate of drug-likeness (QED) is 0.459. The van der Waals surface area contributed by atoms with Crippen LogP contribution in [-0.4, -0.2) is 40.6 Å². The van der Waals surface area contributed by atoms with E-state index in [0.29, 0.717) is 24.3 Å². The number of hydrogen-bond donors (Lipinski definition) is 1. The molecule has 0 saturated heterocycles. The molecule has 230 valence electrons. The Bertz CT molecular complexity index is 1420. The monoisotopic (exact) mass is 619 g/mol. The number of amides is 2. The van der Waals surface area contributed by atoms with Gasteiger partial charge in [-0.2, -0.15) is 13.2 Å². The maximum absolute atomic E-state index is 14.3. The van der Waals surface area contributed by atoms with Crippen molar-refractivity contribution >= 4 is 23.5 Å². The van der Waals surface area contributed by atoms with Gasteiger partial charge < -0.3 is 20.1 Å². The van der Waals surface area contributed by atoms with Crippen molar-refractivity contribution in [2.75, 3.05) is 6.54 Å². The van der Waals surface area contributed by atoms with Gasteiger partial charge in [0.1, 0.15) is 11.4 Å². The molecule has 1 aliphatic heterocycles. The Morgan fingerprint density at radius 3 is 2.23 bits per heavy atom. The van der Waals surface area contributed by atoms with Crippen molar-refractivity contribution < 1.29 is 62.2 Å². The number of benzene rings is 2. The maximum Gasteiger partial charge on any atom is 1.00 e. The molecule has 11 heteroatoms. The third kappa shape index (κ3) is 7.23. The zero-order valence-electron chi connectivity index (χ0n) is 25.7. The van der Waals surface area contributed by atoms with E-state index in [4.69, 9.17) is 4.99 Å². The second kappa shape index (κ2) is 13.0. The molecule has 1 spiro atoms. The summed E-state index contributed by atoms with van der Waals surface area (Å²) in [5.74, 6) is -1.44. The van der Waals surface area contributed by atoms with Gasteiger partial charge in [-0.3, -0.25) is 14.6 Å². The maximum atomic E-state index is 14.3. The molecule has 2 amide bonds. The summed E-state index contributed by atoms with van der Waals surface area (Å²) >= 11 is 0. The van der Waals surface area contributed by atoms with Gasteiger partial charge >= 0.3 is 35.7 Å². The number of hydrogen-bond acceptors (Lipinski definition) is 5. The molecule has 0 unspecified atom stereocenters. The molecule has 2 aromatic rings. The largest absolute Gasteiger partial charge is 1.00 e. The number of alkyl halides is 3. The molecule has 0 bridgehead atoms. The summed E-state index contributed by atoms with van der Waals surface area (Å²) in [6.07, 6.45) is -0.119. The van der Waals surface area contributed by atoms with Crippen LogP contribution in [0.5, 0.6) is 0 Å². The summed E-state index contributed by atoms with van der Waals surface area (Å²) in [6.45, 7) is 6.55. The Hall–Kier alpha value is -2.69. The average molecular weight is 620 g/mol. The number of rotatable bonds is 8. The number of carboxylic acid groups (broad SMARTS) is 1. The van der Waals surface area contributed by atoms with E-state index in [2.05, 4.69) is 26.1 Å². The fourth-order valence-electron chi connectivity index (χ4n) is 6.58. The molecule has 1 atom stereocenters. The van der Waals surface area contributed by atoms with E-state index in [9.17, 15) is 32.7 Å². The van der Waals surface area contributed by atoms with Gasteiger partial charge in [-0.15, -0.1) is 0 Å². The summed E-state index contributed by atoms with van der Waals surface area (Å²) in [5.41, 5.74) is -0.193. The van der Waals surface area contributed by atoms with Crippen LogP contribution < -0.4 is 40.0 Å². The van der Waals surface area contributed by atoms with Crippen molar-refractivity contribution in [3.8, 4) is 0 Å². The molecule has 0 aromatic heterocycles. The molecular weight excluding hydrogens is 582 g/mol. The van der Waals surface area contributed by atoms with Gasteiger partial charge in [0.2, 0.25) is 0 Å². The first kappa shape index (κ1) is 34.2. The van der Waals surface area contributed by atoms with Crippen LogP contribution in [0.1, 0.15) is 98.8 Å². The number of carbonyl (C=O) groups is 3. The Labute approximate surface area is 278 Å². The summed E-state index contributed by atoms with van der Waals surface area (Å²) in [5, 5.41) is 13.2. The number of nitrogens with zero attached hydrogens (tertiary/aromatic N) is 2. The van der Waals surface area contributed by atoms with E-state index in [0.717, 1.165) is 43.4 Å². The van der Waals surface area contributed by atoms with E-state index in [1.165, 1.54) is 12.1 Å². The molecule has 2 aliphatic carbocycles. The predicted octanol–water partition coefficient (Wildman–Crippen LogP) is 2.29. The number of halogens is 3. The Kier molecular flexibility index (Phi) is 10.1. The van der Waals surface area contributed by atoms with Gasteiger partial charge in [-0.25, -0.2) is 0 Å². The summed E-state index contributed by atoms with van der Waals surface area (Å²) in [6, 6.07) is 11.4. The number of carboxylic acids is 1. The van der Waals surface area contributed by atoms with Crippen LogP contribution in [0.4, 0.5) is 13.2 Å². The van der Waals surface area contributed by atoms with Gasteiger partial charge in [-0.1, -0.05) is 45.0 Å². The third-order valence-corrected chi connectivity index (χ3v) is 9.14. The molecule has 2 fully saturated rings. The van der Waals surface area contributed by atoms with E-state index in [1.54, 1.807) is 24.3 Å². The number of carbonyl (C=O) groups excluding carboxylic acids is 3. The topological polar surface area (TPSA) is 102 Å². The first-order chi connectivity index (χ1) is 20.2. The summed E-state index contributed by atoms with van der Waals surface area (Å²) < 4.78 is 40.8. The average Bonchev–Trinajstić information content (AvgIpc) is 3.75. The molecule has 7 nitrogen and oxygen atoms in total. The molecule has 3 aliphatic rings. The van der Waals surface area contributed by atoms with Gasteiger partial charge in [0.15, 0.2) is 0 Å². The van der Waals surface area contributed by atoms with Crippen LogP contribution in [0.15, 0.2) is 53.5 Å². The minimum atomic E-state index is -4.55. The zero-order valence-corrected chi connectivity index (χ0v) is 27.7. The van der Waals surface area contributed by atoms with Gasteiger partial charge in [-0.05, 0) is 85.6 Å². The van der Waals surface area contributed by atoms with Crippen molar-refractivity contribution in [2.24, 2.45) is 22.2 Å². The van der Waals surface area contributed by atoms with Crippen LogP contribution in [0.2, 0.25) is 0 Å². The van der Waals surface area contributed by atoms with Crippen molar-refractivity contribution in [2.45, 2.75) is 83.6 Å². The molecule has 1 heterocycles. The minimum absolute atomic E-state index is 0. The van der Waals surface area contributed by atoms with Crippen LogP contribution in [0.3, 0.4) is 0 Å². The molecule has 44 heavy (non-hydrogen) atoms.